The van der Waals surface area contributed by atoms with Crippen LogP contribution in [0.2, 0.25) is 0 Å². The minimum atomic E-state index is -2.35. The van der Waals surface area contributed by atoms with Crippen molar-refractivity contribution in [1.29, 1.82) is 0 Å². The first-order valence-corrected chi connectivity index (χ1v) is 7.49. The first-order valence-electron chi connectivity index (χ1n) is 7.49. The van der Waals surface area contributed by atoms with E-state index in [1.165, 1.54) is 0 Å². The number of aromatic amines is 2. The molecule has 0 radical (unpaired) electrons. The maximum atomic E-state index is 14.4. The van der Waals surface area contributed by atoms with Crippen molar-refractivity contribution >= 4 is 11.9 Å². The van der Waals surface area contributed by atoms with Gasteiger partial charge in [0, 0.05) is 17.0 Å². The number of H-pyrrole nitrogens is 2. The van der Waals surface area contributed by atoms with E-state index in [9.17, 15) is 31.5 Å². The Kier molecular flexibility index (Phi) is 4.67. The molecule has 1 aromatic carbocycles. The van der Waals surface area contributed by atoms with Crippen LogP contribution in [0.3, 0.4) is 0 Å². The number of halogens is 5. The molecule has 0 fully saturated rings. The third kappa shape index (κ3) is 3.00. The molecule has 2 heterocycles. The van der Waals surface area contributed by atoms with Crippen LogP contribution in [0.25, 0.3) is 0 Å². The number of nitrogens with one attached hydrogen (secondary N) is 2. The summed E-state index contributed by atoms with van der Waals surface area (Å²) in [7, 11) is 0. The van der Waals surface area contributed by atoms with E-state index in [2.05, 4.69) is 9.97 Å². The van der Waals surface area contributed by atoms with E-state index in [-0.39, 0.29) is 11.4 Å². The van der Waals surface area contributed by atoms with Crippen molar-refractivity contribution in [3.05, 3.63) is 81.7 Å². The molecular weight excluding hydrogens is 391 g/mol. The molecule has 0 saturated heterocycles. The van der Waals surface area contributed by atoms with E-state index in [0.717, 1.165) is 24.3 Å². The monoisotopic (exact) mass is 400 g/mol. The molecule has 146 valence electrons. The lowest BCUT2D eigenvalue weighted by atomic mass is 9.91. The second-order valence-corrected chi connectivity index (χ2v) is 5.68. The van der Waals surface area contributed by atoms with Gasteiger partial charge in [-0.25, -0.2) is 31.5 Å². The Morgan fingerprint density at radius 1 is 0.679 bits per heavy atom. The SMILES string of the molecule is O=C(O)c1ccc(C(c2ccc(C(=O)O)[nH]2)c2c(F)c(F)c(F)c(F)c2F)[nH]1. The molecule has 0 spiro atoms. The molecule has 0 unspecified atom stereocenters. The summed E-state index contributed by atoms with van der Waals surface area (Å²) in [6.07, 6.45) is 0. The van der Waals surface area contributed by atoms with Crippen molar-refractivity contribution in [2.24, 2.45) is 0 Å². The molecule has 11 heteroatoms. The highest BCUT2D eigenvalue weighted by Gasteiger charge is 2.34. The molecule has 28 heavy (non-hydrogen) atoms. The highest BCUT2D eigenvalue weighted by Crippen LogP contribution is 2.37. The smallest absolute Gasteiger partial charge is 0.352 e. The Hall–Kier alpha value is -3.63. The van der Waals surface area contributed by atoms with Gasteiger partial charge in [-0.2, -0.15) is 0 Å². The first-order chi connectivity index (χ1) is 13.1. The molecule has 0 saturated carbocycles. The molecule has 4 N–H and O–H groups in total. The maximum absolute atomic E-state index is 14.4. The number of carboxylic acid groups (broad SMARTS) is 2. The summed E-state index contributed by atoms with van der Waals surface area (Å²) < 4.78 is 69.5. The van der Waals surface area contributed by atoms with E-state index in [4.69, 9.17) is 10.2 Å². The van der Waals surface area contributed by atoms with Gasteiger partial charge in [0.1, 0.15) is 11.4 Å². The van der Waals surface area contributed by atoms with Crippen molar-refractivity contribution in [3.63, 3.8) is 0 Å². The van der Waals surface area contributed by atoms with E-state index in [1.54, 1.807) is 0 Å². The van der Waals surface area contributed by atoms with Crippen molar-refractivity contribution < 1.29 is 41.8 Å². The highest BCUT2D eigenvalue weighted by molar-refractivity contribution is 5.86. The number of carboxylic acids is 2. The molecule has 6 nitrogen and oxygen atoms in total. The van der Waals surface area contributed by atoms with E-state index >= 15 is 0 Å². The molecule has 3 rings (SSSR count). The van der Waals surface area contributed by atoms with Gasteiger partial charge in [0.05, 0.1) is 5.92 Å². The van der Waals surface area contributed by atoms with Gasteiger partial charge < -0.3 is 20.2 Å². The summed E-state index contributed by atoms with van der Waals surface area (Å²) in [6, 6.07) is 4.20. The zero-order valence-corrected chi connectivity index (χ0v) is 13.5. The second kappa shape index (κ2) is 6.83. The second-order valence-electron chi connectivity index (χ2n) is 5.68. The van der Waals surface area contributed by atoms with Gasteiger partial charge in [-0.1, -0.05) is 0 Å². The third-order valence-corrected chi connectivity index (χ3v) is 4.03. The van der Waals surface area contributed by atoms with Gasteiger partial charge in [0.15, 0.2) is 23.3 Å². The zero-order chi connectivity index (χ0) is 20.7. The molecule has 3 aromatic rings. The predicted molar refractivity (Wildman–Crippen MR) is 82.7 cm³/mol. The number of aromatic carboxylic acids is 2. The van der Waals surface area contributed by atoms with Crippen LogP contribution in [0, 0.1) is 29.1 Å². The van der Waals surface area contributed by atoms with Crippen LogP contribution < -0.4 is 0 Å². The van der Waals surface area contributed by atoms with Crippen LogP contribution in [0.1, 0.15) is 43.8 Å². The van der Waals surface area contributed by atoms with Gasteiger partial charge in [0.25, 0.3) is 0 Å². The van der Waals surface area contributed by atoms with E-state index in [1.807, 2.05) is 0 Å². The minimum Gasteiger partial charge on any atom is -0.477 e. The molecule has 0 amide bonds. The molecule has 0 atom stereocenters. The Balaban J connectivity index is 2.30. The summed E-state index contributed by atoms with van der Waals surface area (Å²) in [5.41, 5.74) is -2.56. The van der Waals surface area contributed by atoms with Crippen LogP contribution in [0.4, 0.5) is 22.0 Å². The standard InChI is InChI=1S/C17H9F5N2O4/c18-11-10(12(19)14(21)15(22)13(11)20)9(5-1-3-7(23-5)16(25)26)6-2-4-8(24-6)17(27)28/h1-4,9,23-24H,(H,25,26)(H,27,28). The van der Waals surface area contributed by atoms with Crippen molar-refractivity contribution in [3.8, 4) is 0 Å². The number of carbonyl (C=O) groups is 2. The zero-order valence-electron chi connectivity index (χ0n) is 13.5. The fourth-order valence-corrected chi connectivity index (χ4v) is 2.76. The topological polar surface area (TPSA) is 106 Å². The van der Waals surface area contributed by atoms with Gasteiger partial charge in [0.2, 0.25) is 5.82 Å². The summed E-state index contributed by atoms with van der Waals surface area (Å²) in [5, 5.41) is 18.0. The highest BCUT2D eigenvalue weighted by atomic mass is 19.2. The first kappa shape index (κ1) is 19.1. The predicted octanol–water partition coefficient (Wildman–Crippen LogP) is 3.61. The van der Waals surface area contributed by atoms with E-state index in [0.29, 0.717) is 0 Å². The van der Waals surface area contributed by atoms with Crippen LogP contribution in [0.15, 0.2) is 24.3 Å². The molecule has 0 aliphatic carbocycles. The number of aromatic nitrogens is 2. The van der Waals surface area contributed by atoms with Crippen LogP contribution in [-0.4, -0.2) is 32.1 Å². The van der Waals surface area contributed by atoms with Gasteiger partial charge in [-0.15, -0.1) is 0 Å². The normalized spacial score (nSPS) is 11.2. The van der Waals surface area contributed by atoms with Crippen molar-refractivity contribution in [2.45, 2.75) is 5.92 Å². The minimum absolute atomic E-state index is 0.237. The van der Waals surface area contributed by atoms with Crippen molar-refractivity contribution in [1.82, 2.24) is 9.97 Å². The summed E-state index contributed by atoms with van der Waals surface area (Å²) in [6.45, 7) is 0. The van der Waals surface area contributed by atoms with E-state index < -0.39 is 63.9 Å². The average molecular weight is 400 g/mol. The Bertz CT molecular complexity index is 1020. The number of hydrogen-bond donors (Lipinski definition) is 4. The molecule has 0 bridgehead atoms. The van der Waals surface area contributed by atoms with Gasteiger partial charge in [-0.05, 0) is 24.3 Å². The molecule has 0 aliphatic heterocycles. The average Bonchev–Trinajstić information content (AvgIpc) is 3.32. The van der Waals surface area contributed by atoms with Crippen LogP contribution >= 0.6 is 0 Å². The fraction of sp³-hybridized carbons (Fsp3) is 0.0588. The maximum Gasteiger partial charge on any atom is 0.352 e. The molecule has 2 aromatic heterocycles. The van der Waals surface area contributed by atoms with Crippen molar-refractivity contribution in [2.75, 3.05) is 0 Å². The van der Waals surface area contributed by atoms with Crippen LogP contribution in [-0.2, 0) is 0 Å². The summed E-state index contributed by atoms with van der Waals surface area (Å²) in [4.78, 5) is 26.7. The molecule has 0 aliphatic rings. The summed E-state index contributed by atoms with van der Waals surface area (Å²) >= 11 is 0. The van der Waals surface area contributed by atoms with Gasteiger partial charge in [-0.3, -0.25) is 0 Å². The fourth-order valence-electron chi connectivity index (χ4n) is 2.76. The Morgan fingerprint density at radius 3 is 1.36 bits per heavy atom. The third-order valence-electron chi connectivity index (χ3n) is 4.03. The lowest BCUT2D eigenvalue weighted by molar-refractivity contribution is 0.0680. The number of hydrogen-bond acceptors (Lipinski definition) is 2. The van der Waals surface area contributed by atoms with Gasteiger partial charge >= 0.3 is 11.9 Å². The lowest BCUT2D eigenvalue weighted by Crippen LogP contribution is -2.15. The number of rotatable bonds is 5. The summed E-state index contributed by atoms with van der Waals surface area (Å²) in [5.74, 6) is -15.6. The lowest BCUT2D eigenvalue weighted by Gasteiger charge is -2.18. The van der Waals surface area contributed by atoms with Crippen LogP contribution in [0.5, 0.6) is 0 Å². The Morgan fingerprint density at radius 2 is 1.04 bits per heavy atom. The largest absolute Gasteiger partial charge is 0.477 e. The molecular formula is C17H9F5N2O4. The Labute approximate surface area is 152 Å². The quantitative estimate of drug-likeness (QED) is 0.298. The number of benzene rings is 1.